The van der Waals surface area contributed by atoms with Crippen LogP contribution < -0.4 is 10.1 Å². The lowest BCUT2D eigenvalue weighted by Crippen LogP contribution is -2.00. The van der Waals surface area contributed by atoms with Gasteiger partial charge in [0.05, 0.1) is 12.8 Å². The van der Waals surface area contributed by atoms with Crippen molar-refractivity contribution in [3.63, 3.8) is 0 Å². The largest absolute Gasteiger partial charge is 0.495 e. The minimum Gasteiger partial charge on any atom is -0.495 e. The molecule has 0 aliphatic carbocycles. The van der Waals surface area contributed by atoms with E-state index in [-0.39, 0.29) is 0 Å². The lowest BCUT2D eigenvalue weighted by atomic mass is 10.2. The molecule has 5 heteroatoms. The molecule has 0 saturated heterocycles. The SMILES string of the molecule is COc1ccc(Cl)cc1NCc1c[nH]c2ncccc12. The summed E-state index contributed by atoms with van der Waals surface area (Å²) >= 11 is 6.02. The van der Waals surface area contributed by atoms with Crippen LogP contribution >= 0.6 is 11.6 Å². The molecule has 0 aliphatic heterocycles. The standard InChI is InChI=1S/C15H14ClN3O/c1-20-14-5-4-11(16)7-13(14)18-8-10-9-19-15-12(10)3-2-6-17-15/h2-7,9,18H,8H2,1H3,(H,17,19). The van der Waals surface area contributed by atoms with Crippen molar-refractivity contribution in [2.24, 2.45) is 0 Å². The topological polar surface area (TPSA) is 49.9 Å². The molecule has 0 radical (unpaired) electrons. The van der Waals surface area contributed by atoms with Crippen molar-refractivity contribution in [3.05, 3.63) is 53.3 Å². The van der Waals surface area contributed by atoms with Gasteiger partial charge in [-0.3, -0.25) is 0 Å². The van der Waals surface area contributed by atoms with Crippen LogP contribution in [0, 0.1) is 0 Å². The van der Waals surface area contributed by atoms with Crippen LogP contribution in [0.25, 0.3) is 11.0 Å². The van der Waals surface area contributed by atoms with Crippen LogP contribution in [0.5, 0.6) is 5.75 Å². The first-order valence-electron chi connectivity index (χ1n) is 6.26. The van der Waals surface area contributed by atoms with Crippen LogP contribution in [0.4, 0.5) is 5.69 Å². The predicted octanol–water partition coefficient (Wildman–Crippen LogP) is 3.84. The van der Waals surface area contributed by atoms with Crippen LogP contribution in [0.3, 0.4) is 0 Å². The van der Waals surface area contributed by atoms with Crippen molar-refractivity contribution < 1.29 is 4.74 Å². The summed E-state index contributed by atoms with van der Waals surface area (Å²) in [6.45, 7) is 0.669. The number of anilines is 1. The molecule has 0 aliphatic rings. The number of aromatic amines is 1. The Bertz CT molecular complexity index is 739. The molecule has 0 unspecified atom stereocenters. The molecule has 0 bridgehead atoms. The first-order chi connectivity index (χ1) is 9.78. The summed E-state index contributed by atoms with van der Waals surface area (Å²) in [5, 5.41) is 5.13. The second kappa shape index (κ2) is 5.43. The molecule has 2 aromatic heterocycles. The smallest absolute Gasteiger partial charge is 0.142 e. The number of hydrogen-bond acceptors (Lipinski definition) is 3. The van der Waals surface area contributed by atoms with Gasteiger partial charge in [0.2, 0.25) is 0 Å². The maximum absolute atomic E-state index is 6.02. The number of H-pyrrole nitrogens is 1. The Hall–Kier alpha value is -2.20. The van der Waals surface area contributed by atoms with Gasteiger partial charge in [0.15, 0.2) is 0 Å². The highest BCUT2D eigenvalue weighted by Crippen LogP contribution is 2.28. The van der Waals surface area contributed by atoms with Gasteiger partial charge in [-0.2, -0.15) is 0 Å². The molecule has 4 nitrogen and oxygen atoms in total. The summed E-state index contributed by atoms with van der Waals surface area (Å²) in [6, 6.07) is 9.49. The van der Waals surface area contributed by atoms with Crippen molar-refractivity contribution in [2.75, 3.05) is 12.4 Å². The van der Waals surface area contributed by atoms with Crippen LogP contribution in [-0.4, -0.2) is 17.1 Å². The number of methoxy groups -OCH3 is 1. The van der Waals surface area contributed by atoms with E-state index in [0.717, 1.165) is 28.0 Å². The van der Waals surface area contributed by atoms with Crippen molar-refractivity contribution in [1.82, 2.24) is 9.97 Å². The molecule has 2 heterocycles. The zero-order chi connectivity index (χ0) is 13.9. The zero-order valence-electron chi connectivity index (χ0n) is 11.0. The van der Waals surface area contributed by atoms with E-state index in [4.69, 9.17) is 16.3 Å². The number of benzene rings is 1. The van der Waals surface area contributed by atoms with Crippen molar-refractivity contribution in [2.45, 2.75) is 6.54 Å². The second-order valence-electron chi connectivity index (χ2n) is 4.41. The summed E-state index contributed by atoms with van der Waals surface area (Å²) in [5.41, 5.74) is 2.91. The number of hydrogen-bond donors (Lipinski definition) is 2. The molecular weight excluding hydrogens is 274 g/mol. The number of fused-ring (bicyclic) bond motifs is 1. The summed E-state index contributed by atoms with van der Waals surface area (Å²) in [6.07, 6.45) is 3.73. The normalized spacial score (nSPS) is 10.7. The summed E-state index contributed by atoms with van der Waals surface area (Å²) in [7, 11) is 1.64. The number of aromatic nitrogens is 2. The van der Waals surface area contributed by atoms with Crippen molar-refractivity contribution >= 4 is 28.3 Å². The Morgan fingerprint density at radius 1 is 1.35 bits per heavy atom. The van der Waals surface area contributed by atoms with Crippen LogP contribution in [-0.2, 0) is 6.54 Å². The van der Waals surface area contributed by atoms with E-state index in [9.17, 15) is 0 Å². The minimum atomic E-state index is 0.669. The molecule has 2 N–H and O–H groups in total. The Kier molecular flexibility index (Phi) is 3.48. The van der Waals surface area contributed by atoms with E-state index in [0.29, 0.717) is 11.6 Å². The molecular formula is C15H14ClN3O. The van der Waals surface area contributed by atoms with Gasteiger partial charge in [-0.1, -0.05) is 11.6 Å². The number of pyridine rings is 1. The lowest BCUT2D eigenvalue weighted by molar-refractivity contribution is 0.416. The molecule has 102 valence electrons. The third-order valence-electron chi connectivity index (χ3n) is 3.17. The Morgan fingerprint density at radius 2 is 2.25 bits per heavy atom. The fourth-order valence-corrected chi connectivity index (χ4v) is 2.34. The summed E-state index contributed by atoms with van der Waals surface area (Å²) in [5.74, 6) is 0.771. The summed E-state index contributed by atoms with van der Waals surface area (Å²) in [4.78, 5) is 7.43. The van der Waals surface area contributed by atoms with Gasteiger partial charge >= 0.3 is 0 Å². The van der Waals surface area contributed by atoms with Crippen LogP contribution in [0.2, 0.25) is 5.02 Å². The lowest BCUT2D eigenvalue weighted by Gasteiger charge is -2.11. The fourth-order valence-electron chi connectivity index (χ4n) is 2.17. The number of halogens is 1. The van der Waals surface area contributed by atoms with Gasteiger partial charge in [0.25, 0.3) is 0 Å². The summed E-state index contributed by atoms with van der Waals surface area (Å²) < 4.78 is 5.32. The first-order valence-corrected chi connectivity index (χ1v) is 6.64. The van der Waals surface area contributed by atoms with Crippen molar-refractivity contribution in [1.29, 1.82) is 0 Å². The van der Waals surface area contributed by atoms with Gasteiger partial charge in [-0.15, -0.1) is 0 Å². The van der Waals surface area contributed by atoms with Gasteiger partial charge in [0, 0.05) is 29.3 Å². The average molecular weight is 288 g/mol. The van der Waals surface area contributed by atoms with E-state index in [1.165, 1.54) is 0 Å². The fraction of sp³-hybridized carbons (Fsp3) is 0.133. The van der Waals surface area contributed by atoms with E-state index < -0.39 is 0 Å². The molecule has 3 rings (SSSR count). The number of rotatable bonds is 4. The highest BCUT2D eigenvalue weighted by molar-refractivity contribution is 6.30. The molecule has 0 amide bonds. The maximum Gasteiger partial charge on any atom is 0.142 e. The minimum absolute atomic E-state index is 0.669. The monoisotopic (exact) mass is 287 g/mol. The van der Waals surface area contributed by atoms with Gasteiger partial charge in [-0.25, -0.2) is 4.98 Å². The van der Waals surface area contributed by atoms with Crippen LogP contribution in [0.1, 0.15) is 5.56 Å². The van der Waals surface area contributed by atoms with Gasteiger partial charge in [0.1, 0.15) is 11.4 Å². The van der Waals surface area contributed by atoms with Crippen LogP contribution in [0.15, 0.2) is 42.7 Å². The van der Waals surface area contributed by atoms with E-state index in [1.54, 1.807) is 19.4 Å². The van der Waals surface area contributed by atoms with Crippen molar-refractivity contribution in [3.8, 4) is 5.75 Å². The van der Waals surface area contributed by atoms with Gasteiger partial charge < -0.3 is 15.0 Å². The second-order valence-corrected chi connectivity index (χ2v) is 4.85. The molecule has 1 aromatic carbocycles. The number of nitrogens with zero attached hydrogens (tertiary/aromatic N) is 1. The third-order valence-corrected chi connectivity index (χ3v) is 3.40. The Labute approximate surface area is 121 Å². The number of ether oxygens (including phenoxy) is 1. The highest BCUT2D eigenvalue weighted by Gasteiger charge is 2.06. The van der Waals surface area contributed by atoms with E-state index >= 15 is 0 Å². The molecule has 0 saturated carbocycles. The predicted molar refractivity (Wildman–Crippen MR) is 81.4 cm³/mol. The average Bonchev–Trinajstić information content (AvgIpc) is 2.88. The third kappa shape index (κ3) is 2.42. The Balaban J connectivity index is 1.84. The maximum atomic E-state index is 6.02. The van der Waals surface area contributed by atoms with E-state index in [1.807, 2.05) is 30.5 Å². The quantitative estimate of drug-likeness (QED) is 0.766. The molecule has 20 heavy (non-hydrogen) atoms. The molecule has 0 fully saturated rings. The zero-order valence-corrected chi connectivity index (χ0v) is 11.7. The molecule has 0 spiro atoms. The molecule has 3 aromatic rings. The number of nitrogens with one attached hydrogen (secondary N) is 2. The first kappa shape index (κ1) is 12.8. The van der Waals surface area contributed by atoms with Gasteiger partial charge in [-0.05, 0) is 35.9 Å². The highest BCUT2D eigenvalue weighted by atomic mass is 35.5. The Morgan fingerprint density at radius 3 is 3.10 bits per heavy atom. The molecule has 0 atom stereocenters. The van der Waals surface area contributed by atoms with E-state index in [2.05, 4.69) is 15.3 Å².